The third-order valence-electron chi connectivity index (χ3n) is 4.18. The molecule has 1 saturated carbocycles. The van der Waals surface area contributed by atoms with Crippen molar-refractivity contribution in [2.45, 2.75) is 38.1 Å². The van der Waals surface area contributed by atoms with Gasteiger partial charge < -0.3 is 9.84 Å². The fourth-order valence-corrected chi connectivity index (χ4v) is 2.91. The zero-order valence-electron chi connectivity index (χ0n) is 9.74. The monoisotopic (exact) mass is 213 g/mol. The number of hydrogen-bond acceptors (Lipinski definition) is 3. The highest BCUT2D eigenvalue weighted by Gasteiger charge is 2.39. The van der Waals surface area contributed by atoms with E-state index in [1.807, 2.05) is 0 Å². The maximum absolute atomic E-state index is 9.70. The maximum Gasteiger partial charge on any atom is 0.0615 e. The Morgan fingerprint density at radius 2 is 1.87 bits per heavy atom. The van der Waals surface area contributed by atoms with Crippen LogP contribution in [-0.4, -0.2) is 48.5 Å². The minimum Gasteiger partial charge on any atom is -0.394 e. The number of hydrogen-bond donors (Lipinski definition) is 1. The number of rotatable bonds is 2. The van der Waals surface area contributed by atoms with E-state index in [2.05, 4.69) is 11.8 Å². The summed E-state index contributed by atoms with van der Waals surface area (Å²) in [5, 5.41) is 9.70. The number of aliphatic hydroxyl groups excluding tert-OH is 1. The molecule has 2 rings (SSSR count). The first-order valence-corrected chi connectivity index (χ1v) is 6.20. The zero-order chi connectivity index (χ0) is 10.7. The first-order valence-electron chi connectivity index (χ1n) is 6.20. The molecule has 0 bridgehead atoms. The minimum atomic E-state index is 0.0797. The first kappa shape index (κ1) is 11.4. The molecule has 0 radical (unpaired) electrons. The molecule has 2 fully saturated rings. The van der Waals surface area contributed by atoms with E-state index in [9.17, 15) is 5.11 Å². The Morgan fingerprint density at radius 3 is 2.40 bits per heavy atom. The van der Waals surface area contributed by atoms with Gasteiger partial charge >= 0.3 is 0 Å². The van der Waals surface area contributed by atoms with Gasteiger partial charge in [0.1, 0.15) is 0 Å². The number of morpholine rings is 1. The summed E-state index contributed by atoms with van der Waals surface area (Å²) in [5.74, 6) is 0.839. The third-order valence-corrected chi connectivity index (χ3v) is 4.18. The van der Waals surface area contributed by atoms with Gasteiger partial charge in [0, 0.05) is 18.6 Å². The fraction of sp³-hybridized carbons (Fsp3) is 1.00. The van der Waals surface area contributed by atoms with Crippen LogP contribution in [-0.2, 0) is 4.74 Å². The first-order chi connectivity index (χ1) is 7.27. The van der Waals surface area contributed by atoms with Crippen LogP contribution in [0, 0.1) is 5.92 Å². The molecule has 0 aromatic heterocycles. The van der Waals surface area contributed by atoms with Crippen LogP contribution < -0.4 is 0 Å². The van der Waals surface area contributed by atoms with Crippen molar-refractivity contribution in [3.63, 3.8) is 0 Å². The summed E-state index contributed by atoms with van der Waals surface area (Å²) in [4.78, 5) is 2.46. The van der Waals surface area contributed by atoms with Crippen molar-refractivity contribution < 1.29 is 9.84 Å². The topological polar surface area (TPSA) is 32.7 Å². The number of ether oxygens (including phenoxy) is 1. The van der Waals surface area contributed by atoms with Crippen molar-refractivity contribution in [2.75, 3.05) is 32.9 Å². The van der Waals surface area contributed by atoms with Gasteiger partial charge in [-0.3, -0.25) is 4.90 Å². The molecule has 1 aliphatic heterocycles. The summed E-state index contributed by atoms with van der Waals surface area (Å²) in [6, 6.07) is 0. The highest BCUT2D eigenvalue weighted by atomic mass is 16.5. The molecule has 2 aliphatic rings. The Bertz CT molecular complexity index is 194. The van der Waals surface area contributed by atoms with Crippen LogP contribution >= 0.6 is 0 Å². The van der Waals surface area contributed by atoms with Gasteiger partial charge in [-0.15, -0.1) is 0 Å². The summed E-state index contributed by atoms with van der Waals surface area (Å²) in [5.41, 5.74) is 0.0797. The minimum absolute atomic E-state index is 0.0797. The highest BCUT2D eigenvalue weighted by Crippen LogP contribution is 2.36. The van der Waals surface area contributed by atoms with E-state index in [1.54, 1.807) is 0 Å². The van der Waals surface area contributed by atoms with Gasteiger partial charge in [-0.05, 0) is 31.6 Å². The van der Waals surface area contributed by atoms with Gasteiger partial charge in [-0.1, -0.05) is 6.92 Å². The molecule has 0 spiro atoms. The van der Waals surface area contributed by atoms with E-state index in [0.717, 1.165) is 45.1 Å². The largest absolute Gasteiger partial charge is 0.394 e. The average molecular weight is 213 g/mol. The Hall–Kier alpha value is -0.120. The van der Waals surface area contributed by atoms with E-state index in [0.29, 0.717) is 6.61 Å². The van der Waals surface area contributed by atoms with E-state index >= 15 is 0 Å². The summed E-state index contributed by atoms with van der Waals surface area (Å²) in [6.07, 6.45) is 4.84. The molecular weight excluding hydrogens is 190 g/mol. The van der Waals surface area contributed by atoms with Crippen molar-refractivity contribution in [2.24, 2.45) is 5.92 Å². The molecule has 0 aromatic carbocycles. The average Bonchev–Trinajstić information content (AvgIpc) is 2.32. The van der Waals surface area contributed by atoms with Crippen molar-refractivity contribution in [3.8, 4) is 0 Å². The van der Waals surface area contributed by atoms with Crippen molar-refractivity contribution in [1.82, 2.24) is 4.90 Å². The Morgan fingerprint density at radius 1 is 1.27 bits per heavy atom. The molecule has 0 unspecified atom stereocenters. The number of aliphatic hydroxyl groups is 1. The molecule has 0 amide bonds. The molecule has 88 valence electrons. The second kappa shape index (κ2) is 4.81. The smallest absolute Gasteiger partial charge is 0.0615 e. The van der Waals surface area contributed by atoms with E-state index in [-0.39, 0.29) is 5.54 Å². The highest BCUT2D eigenvalue weighted by molar-refractivity contribution is 4.94. The van der Waals surface area contributed by atoms with Gasteiger partial charge in [0.15, 0.2) is 0 Å². The lowest BCUT2D eigenvalue weighted by atomic mass is 9.76. The lowest BCUT2D eigenvalue weighted by Crippen LogP contribution is -2.57. The van der Waals surface area contributed by atoms with E-state index < -0.39 is 0 Å². The van der Waals surface area contributed by atoms with Crippen LogP contribution in [0.2, 0.25) is 0 Å². The molecule has 15 heavy (non-hydrogen) atoms. The SMILES string of the molecule is CC1CCC(CO)(N2CCOCC2)CC1. The van der Waals surface area contributed by atoms with Crippen molar-refractivity contribution >= 4 is 0 Å². The van der Waals surface area contributed by atoms with Gasteiger partial charge in [0.2, 0.25) is 0 Å². The van der Waals surface area contributed by atoms with Crippen LogP contribution in [0.3, 0.4) is 0 Å². The Balaban J connectivity index is 2.00. The lowest BCUT2D eigenvalue weighted by Gasteiger charge is -2.48. The quantitative estimate of drug-likeness (QED) is 0.749. The predicted octanol–water partition coefficient (Wildman–Crippen LogP) is 1.26. The Kier molecular flexibility index (Phi) is 3.65. The molecule has 3 heteroatoms. The Labute approximate surface area is 92.4 Å². The molecule has 0 aromatic rings. The molecule has 1 N–H and O–H groups in total. The molecule has 1 aliphatic carbocycles. The number of nitrogens with zero attached hydrogens (tertiary/aromatic N) is 1. The van der Waals surface area contributed by atoms with Gasteiger partial charge in [-0.2, -0.15) is 0 Å². The predicted molar refractivity (Wildman–Crippen MR) is 59.8 cm³/mol. The van der Waals surface area contributed by atoms with E-state index in [1.165, 1.54) is 12.8 Å². The second-order valence-electron chi connectivity index (χ2n) is 5.16. The van der Waals surface area contributed by atoms with Crippen molar-refractivity contribution in [1.29, 1.82) is 0 Å². The molecule has 0 atom stereocenters. The molecule has 1 saturated heterocycles. The summed E-state index contributed by atoms with van der Waals surface area (Å²) < 4.78 is 5.38. The zero-order valence-corrected chi connectivity index (χ0v) is 9.74. The molecule has 3 nitrogen and oxygen atoms in total. The second-order valence-corrected chi connectivity index (χ2v) is 5.16. The normalized spacial score (nSPS) is 39.2. The lowest BCUT2D eigenvalue weighted by molar-refractivity contribution is -0.0640. The molecular formula is C12H23NO2. The summed E-state index contributed by atoms with van der Waals surface area (Å²) in [6.45, 7) is 6.29. The van der Waals surface area contributed by atoms with Crippen LogP contribution in [0.25, 0.3) is 0 Å². The maximum atomic E-state index is 9.70. The van der Waals surface area contributed by atoms with Crippen molar-refractivity contribution in [3.05, 3.63) is 0 Å². The summed E-state index contributed by atoms with van der Waals surface area (Å²) in [7, 11) is 0. The van der Waals surface area contributed by atoms with Crippen LogP contribution in [0.5, 0.6) is 0 Å². The van der Waals surface area contributed by atoms with Crippen LogP contribution in [0.15, 0.2) is 0 Å². The van der Waals surface area contributed by atoms with Gasteiger partial charge in [-0.25, -0.2) is 0 Å². The van der Waals surface area contributed by atoms with E-state index in [4.69, 9.17) is 4.74 Å². The standard InChI is InChI=1S/C12H23NO2/c1-11-2-4-12(10-14,5-3-11)13-6-8-15-9-7-13/h11,14H,2-10H2,1H3. The van der Waals surface area contributed by atoms with Gasteiger partial charge in [0.25, 0.3) is 0 Å². The van der Waals surface area contributed by atoms with Gasteiger partial charge in [0.05, 0.1) is 19.8 Å². The fourth-order valence-electron chi connectivity index (χ4n) is 2.91. The third kappa shape index (κ3) is 2.35. The van der Waals surface area contributed by atoms with Crippen LogP contribution in [0.1, 0.15) is 32.6 Å². The molecule has 1 heterocycles. The summed E-state index contributed by atoms with van der Waals surface area (Å²) >= 11 is 0. The van der Waals surface area contributed by atoms with Crippen LogP contribution in [0.4, 0.5) is 0 Å².